The van der Waals surface area contributed by atoms with Crippen LogP contribution >= 0.6 is 0 Å². The molecule has 0 saturated heterocycles. The van der Waals surface area contributed by atoms with Crippen LogP contribution < -0.4 is 5.32 Å². The first-order valence-electron chi connectivity index (χ1n) is 6.36. The van der Waals surface area contributed by atoms with Gasteiger partial charge in [-0.2, -0.15) is 0 Å². The molecule has 0 amide bonds. The van der Waals surface area contributed by atoms with Crippen LogP contribution in [0.5, 0.6) is 0 Å². The van der Waals surface area contributed by atoms with E-state index in [1.54, 1.807) is 12.1 Å². The van der Waals surface area contributed by atoms with Gasteiger partial charge in [0.1, 0.15) is 5.82 Å². The molecule has 3 nitrogen and oxygen atoms in total. The number of rotatable bonds is 8. The van der Waals surface area contributed by atoms with Gasteiger partial charge in [-0.3, -0.25) is 0 Å². The number of likely N-dealkylation sites (N-methyl/N-ethyl adjacent to an activating group) is 1. The van der Waals surface area contributed by atoms with Gasteiger partial charge in [-0.1, -0.05) is 12.1 Å². The highest BCUT2D eigenvalue weighted by atomic mass is 19.1. The first-order chi connectivity index (χ1) is 8.71. The van der Waals surface area contributed by atoms with E-state index < -0.39 is 0 Å². The molecule has 18 heavy (non-hydrogen) atoms. The zero-order valence-corrected chi connectivity index (χ0v) is 11.3. The summed E-state index contributed by atoms with van der Waals surface area (Å²) in [5.74, 6) is -0.217. The Morgan fingerprint density at radius 3 is 2.11 bits per heavy atom. The molecule has 0 bridgehead atoms. The molecule has 0 spiro atoms. The maximum Gasteiger partial charge on any atom is 0.172 e. The summed E-state index contributed by atoms with van der Waals surface area (Å²) in [6, 6.07) is 6.57. The van der Waals surface area contributed by atoms with Crippen LogP contribution in [0.4, 0.5) is 4.39 Å². The van der Waals surface area contributed by atoms with Crippen LogP contribution in [-0.2, 0) is 15.9 Å². The highest BCUT2D eigenvalue weighted by Crippen LogP contribution is 2.11. The van der Waals surface area contributed by atoms with Crippen LogP contribution in [0.1, 0.15) is 19.4 Å². The van der Waals surface area contributed by atoms with Crippen molar-refractivity contribution in [3.63, 3.8) is 0 Å². The third-order valence-electron chi connectivity index (χ3n) is 2.73. The Labute approximate surface area is 108 Å². The Hall–Kier alpha value is -0.970. The van der Waals surface area contributed by atoms with Gasteiger partial charge in [-0.25, -0.2) is 4.39 Å². The van der Waals surface area contributed by atoms with Crippen LogP contribution in [0.25, 0.3) is 0 Å². The molecule has 102 valence electrons. The van der Waals surface area contributed by atoms with Crippen molar-refractivity contribution in [3.05, 3.63) is 35.6 Å². The van der Waals surface area contributed by atoms with Crippen molar-refractivity contribution in [2.75, 3.05) is 20.3 Å². The SMILES string of the molecule is CCOC(OCC)C(Cc1ccc(F)cc1)NC. The Morgan fingerprint density at radius 1 is 1.11 bits per heavy atom. The number of nitrogens with one attached hydrogen (secondary N) is 1. The highest BCUT2D eigenvalue weighted by Gasteiger charge is 2.20. The predicted octanol–water partition coefficient (Wildman–Crippen LogP) is 2.36. The Balaban J connectivity index is 2.66. The van der Waals surface area contributed by atoms with Gasteiger partial charge in [0.15, 0.2) is 6.29 Å². The molecular weight excluding hydrogens is 233 g/mol. The normalized spacial score (nSPS) is 12.9. The molecule has 1 N–H and O–H groups in total. The molecule has 0 aliphatic heterocycles. The topological polar surface area (TPSA) is 30.5 Å². The van der Waals surface area contributed by atoms with E-state index >= 15 is 0 Å². The number of hydrogen-bond acceptors (Lipinski definition) is 3. The molecule has 0 fully saturated rings. The molecule has 0 heterocycles. The summed E-state index contributed by atoms with van der Waals surface area (Å²) in [4.78, 5) is 0. The van der Waals surface area contributed by atoms with Crippen molar-refractivity contribution < 1.29 is 13.9 Å². The molecule has 1 aromatic carbocycles. The first-order valence-corrected chi connectivity index (χ1v) is 6.36. The molecule has 0 aliphatic carbocycles. The van der Waals surface area contributed by atoms with Crippen molar-refractivity contribution in [1.29, 1.82) is 0 Å². The van der Waals surface area contributed by atoms with E-state index in [0.717, 1.165) is 12.0 Å². The van der Waals surface area contributed by atoms with Crippen LogP contribution in [-0.4, -0.2) is 32.6 Å². The monoisotopic (exact) mass is 255 g/mol. The second-order valence-electron chi connectivity index (χ2n) is 4.00. The number of ether oxygens (including phenoxy) is 2. The lowest BCUT2D eigenvalue weighted by atomic mass is 10.1. The Morgan fingerprint density at radius 2 is 1.67 bits per heavy atom. The maximum atomic E-state index is 12.8. The van der Waals surface area contributed by atoms with Crippen LogP contribution in [0.3, 0.4) is 0 Å². The van der Waals surface area contributed by atoms with Crippen molar-refractivity contribution in [3.8, 4) is 0 Å². The number of benzene rings is 1. The van der Waals surface area contributed by atoms with Crippen molar-refractivity contribution in [2.45, 2.75) is 32.6 Å². The van der Waals surface area contributed by atoms with E-state index in [-0.39, 0.29) is 18.1 Å². The standard InChI is InChI=1S/C14H22FNO2/c1-4-17-14(18-5-2)13(16-3)10-11-6-8-12(15)9-7-11/h6-9,13-14,16H,4-5,10H2,1-3H3. The van der Waals surface area contributed by atoms with E-state index in [9.17, 15) is 4.39 Å². The summed E-state index contributed by atoms with van der Waals surface area (Å²) in [7, 11) is 1.87. The maximum absolute atomic E-state index is 12.8. The van der Waals surface area contributed by atoms with Crippen molar-refractivity contribution in [1.82, 2.24) is 5.32 Å². The second-order valence-corrected chi connectivity index (χ2v) is 4.00. The molecule has 0 saturated carbocycles. The molecule has 1 rings (SSSR count). The third kappa shape index (κ3) is 4.72. The van der Waals surface area contributed by atoms with Crippen molar-refractivity contribution in [2.24, 2.45) is 0 Å². The average Bonchev–Trinajstić information content (AvgIpc) is 2.38. The Kier molecular flexibility index (Phi) is 6.86. The molecule has 0 aliphatic rings. The smallest absolute Gasteiger partial charge is 0.172 e. The van der Waals surface area contributed by atoms with Gasteiger partial charge in [0.25, 0.3) is 0 Å². The van der Waals surface area contributed by atoms with Gasteiger partial charge >= 0.3 is 0 Å². The summed E-state index contributed by atoms with van der Waals surface area (Å²) in [5, 5.41) is 3.19. The lowest BCUT2D eigenvalue weighted by Gasteiger charge is -2.26. The second kappa shape index (κ2) is 8.19. The fourth-order valence-electron chi connectivity index (χ4n) is 1.82. The minimum absolute atomic E-state index is 0.0513. The molecule has 4 heteroatoms. The fourth-order valence-corrected chi connectivity index (χ4v) is 1.82. The molecular formula is C14H22FNO2. The largest absolute Gasteiger partial charge is 0.351 e. The van der Waals surface area contributed by atoms with Crippen LogP contribution in [0.15, 0.2) is 24.3 Å². The van der Waals surface area contributed by atoms with Crippen LogP contribution in [0.2, 0.25) is 0 Å². The lowest BCUT2D eigenvalue weighted by Crippen LogP contribution is -2.42. The quantitative estimate of drug-likeness (QED) is 0.723. The molecule has 0 radical (unpaired) electrons. The average molecular weight is 255 g/mol. The third-order valence-corrected chi connectivity index (χ3v) is 2.73. The van der Waals surface area contributed by atoms with Gasteiger partial charge in [-0.05, 0) is 45.0 Å². The first kappa shape index (κ1) is 15.1. The fraction of sp³-hybridized carbons (Fsp3) is 0.571. The van der Waals surface area contributed by atoms with Gasteiger partial charge in [-0.15, -0.1) is 0 Å². The minimum Gasteiger partial charge on any atom is -0.351 e. The molecule has 1 unspecified atom stereocenters. The van der Waals surface area contributed by atoms with Crippen LogP contribution in [0, 0.1) is 5.82 Å². The van der Waals surface area contributed by atoms with Gasteiger partial charge < -0.3 is 14.8 Å². The van der Waals surface area contributed by atoms with Gasteiger partial charge in [0, 0.05) is 13.2 Å². The van der Waals surface area contributed by atoms with Gasteiger partial charge in [0.05, 0.1) is 6.04 Å². The predicted molar refractivity (Wildman–Crippen MR) is 70.0 cm³/mol. The van der Waals surface area contributed by atoms with E-state index in [1.165, 1.54) is 12.1 Å². The zero-order valence-electron chi connectivity index (χ0n) is 11.3. The molecule has 0 aromatic heterocycles. The van der Waals surface area contributed by atoms with E-state index in [0.29, 0.717) is 13.2 Å². The summed E-state index contributed by atoms with van der Waals surface area (Å²) in [5.41, 5.74) is 1.06. The summed E-state index contributed by atoms with van der Waals surface area (Å²) in [6.07, 6.45) is 0.455. The van der Waals surface area contributed by atoms with E-state index in [1.807, 2.05) is 20.9 Å². The summed E-state index contributed by atoms with van der Waals surface area (Å²) in [6.45, 7) is 5.09. The summed E-state index contributed by atoms with van der Waals surface area (Å²) < 4.78 is 24.0. The number of hydrogen-bond donors (Lipinski definition) is 1. The summed E-state index contributed by atoms with van der Waals surface area (Å²) >= 11 is 0. The molecule has 1 aromatic rings. The Bertz CT molecular complexity index is 323. The minimum atomic E-state index is -0.282. The lowest BCUT2D eigenvalue weighted by molar-refractivity contribution is -0.152. The highest BCUT2D eigenvalue weighted by molar-refractivity contribution is 5.17. The van der Waals surface area contributed by atoms with Crippen molar-refractivity contribution >= 4 is 0 Å². The van der Waals surface area contributed by atoms with E-state index in [4.69, 9.17) is 9.47 Å². The molecule has 1 atom stereocenters. The van der Waals surface area contributed by atoms with Gasteiger partial charge in [0.2, 0.25) is 0 Å². The number of halogens is 1. The zero-order chi connectivity index (χ0) is 13.4. The van der Waals surface area contributed by atoms with E-state index in [2.05, 4.69) is 5.32 Å².